The topological polar surface area (TPSA) is 58.2 Å². The van der Waals surface area contributed by atoms with E-state index < -0.39 is 10.0 Å². The molecule has 0 bridgehead atoms. The van der Waals surface area contributed by atoms with Gasteiger partial charge >= 0.3 is 0 Å². The molecule has 1 saturated heterocycles. The van der Waals surface area contributed by atoms with Crippen LogP contribution < -0.4 is 10.0 Å². The van der Waals surface area contributed by atoms with Gasteiger partial charge in [0.15, 0.2) is 0 Å². The zero-order valence-corrected chi connectivity index (χ0v) is 9.59. The molecule has 3 fully saturated rings. The number of hydrogen-bond acceptors (Lipinski definition) is 3. The lowest BCUT2D eigenvalue weighted by Gasteiger charge is -2.08. The average Bonchev–Trinajstić information content (AvgIpc) is 3.05. The number of piperidine rings is 1. The van der Waals surface area contributed by atoms with Crippen molar-refractivity contribution in [2.45, 2.75) is 25.3 Å². The molecule has 2 N–H and O–H groups in total. The minimum Gasteiger partial charge on any atom is -0.316 e. The Morgan fingerprint density at radius 2 is 1.87 bits per heavy atom. The highest BCUT2D eigenvalue weighted by Crippen LogP contribution is 2.42. The minimum atomic E-state index is -2.99. The normalized spacial score (nSPS) is 39.1. The molecule has 0 aromatic rings. The molecule has 0 aromatic heterocycles. The van der Waals surface area contributed by atoms with Gasteiger partial charge in [-0.25, -0.2) is 13.1 Å². The van der Waals surface area contributed by atoms with Crippen molar-refractivity contribution in [3.8, 4) is 0 Å². The highest BCUT2D eigenvalue weighted by molar-refractivity contribution is 7.89. The Morgan fingerprint density at radius 3 is 2.47 bits per heavy atom. The predicted molar refractivity (Wildman–Crippen MR) is 57.9 cm³/mol. The molecule has 2 unspecified atom stereocenters. The Bertz CT molecular complexity index is 340. The van der Waals surface area contributed by atoms with Gasteiger partial charge in [0.05, 0.1) is 5.75 Å². The van der Waals surface area contributed by atoms with Gasteiger partial charge in [-0.15, -0.1) is 0 Å². The van der Waals surface area contributed by atoms with Crippen LogP contribution in [-0.4, -0.2) is 33.3 Å². The number of sulfonamides is 1. The van der Waals surface area contributed by atoms with E-state index in [9.17, 15) is 8.42 Å². The maximum Gasteiger partial charge on any atom is 0.211 e. The molecule has 1 heterocycles. The van der Waals surface area contributed by atoms with Crippen molar-refractivity contribution in [1.82, 2.24) is 10.0 Å². The third kappa shape index (κ3) is 2.19. The summed E-state index contributed by atoms with van der Waals surface area (Å²) in [5.41, 5.74) is 0. The third-order valence-corrected chi connectivity index (χ3v) is 5.30. The summed E-state index contributed by atoms with van der Waals surface area (Å²) in [5, 5.41) is 3.26. The van der Waals surface area contributed by atoms with Crippen LogP contribution in [0.3, 0.4) is 0 Å². The van der Waals surface area contributed by atoms with Crippen LogP contribution in [-0.2, 0) is 10.0 Å². The lowest BCUT2D eigenvalue weighted by atomic mass is 10.3. The second-order valence-electron chi connectivity index (χ2n) is 5.18. The zero-order chi connectivity index (χ0) is 10.5. The molecule has 3 aliphatic rings. The number of nitrogens with one attached hydrogen (secondary N) is 2. The summed E-state index contributed by atoms with van der Waals surface area (Å²) in [6.45, 7) is 1.97. The number of rotatable bonds is 5. The maximum atomic E-state index is 11.7. The molecular formula is C10H18N2O2S. The molecule has 2 atom stereocenters. The summed E-state index contributed by atoms with van der Waals surface area (Å²) in [4.78, 5) is 0. The van der Waals surface area contributed by atoms with Crippen LogP contribution >= 0.6 is 0 Å². The van der Waals surface area contributed by atoms with E-state index in [1.807, 2.05) is 0 Å². The fraction of sp³-hybridized carbons (Fsp3) is 1.00. The molecule has 2 saturated carbocycles. The first-order chi connectivity index (χ1) is 7.16. The molecular weight excluding hydrogens is 212 g/mol. The van der Waals surface area contributed by atoms with Gasteiger partial charge < -0.3 is 5.32 Å². The second kappa shape index (κ2) is 3.43. The number of fused-ring (bicyclic) bond motifs is 1. The molecule has 1 aliphatic heterocycles. The summed E-state index contributed by atoms with van der Waals surface area (Å²) in [6.07, 6.45) is 3.32. The Kier molecular flexibility index (Phi) is 2.30. The monoisotopic (exact) mass is 230 g/mol. The summed E-state index contributed by atoms with van der Waals surface area (Å²) >= 11 is 0. The molecule has 4 nitrogen and oxygen atoms in total. The van der Waals surface area contributed by atoms with Crippen LogP contribution in [0.15, 0.2) is 0 Å². The molecule has 2 aliphatic carbocycles. The standard InChI is InChI=1S/C10H18N2O2S/c13-15(14,4-3-7-1-2-7)12-10-8-5-11-6-9(8)10/h7-12H,1-6H2. The van der Waals surface area contributed by atoms with Crippen molar-refractivity contribution in [1.29, 1.82) is 0 Å². The van der Waals surface area contributed by atoms with Crippen LogP contribution in [0.2, 0.25) is 0 Å². The van der Waals surface area contributed by atoms with Crippen molar-refractivity contribution in [3.63, 3.8) is 0 Å². The van der Waals surface area contributed by atoms with Crippen molar-refractivity contribution in [2.24, 2.45) is 17.8 Å². The Hall–Kier alpha value is -0.130. The molecule has 3 rings (SSSR count). The van der Waals surface area contributed by atoms with E-state index in [0.717, 1.165) is 19.5 Å². The molecule has 0 spiro atoms. The van der Waals surface area contributed by atoms with Gasteiger partial charge in [-0.1, -0.05) is 12.8 Å². The number of hydrogen-bond donors (Lipinski definition) is 2. The fourth-order valence-corrected chi connectivity index (χ4v) is 4.11. The lowest BCUT2D eigenvalue weighted by Crippen LogP contribution is -2.34. The Morgan fingerprint density at radius 1 is 1.20 bits per heavy atom. The van der Waals surface area contributed by atoms with Crippen LogP contribution in [0.5, 0.6) is 0 Å². The zero-order valence-electron chi connectivity index (χ0n) is 8.78. The first-order valence-electron chi connectivity index (χ1n) is 5.86. The summed E-state index contributed by atoms with van der Waals surface area (Å²) < 4.78 is 26.3. The van der Waals surface area contributed by atoms with E-state index >= 15 is 0 Å². The smallest absolute Gasteiger partial charge is 0.211 e. The third-order valence-electron chi connectivity index (χ3n) is 3.90. The van der Waals surface area contributed by atoms with Crippen LogP contribution in [0.1, 0.15) is 19.3 Å². The molecule has 5 heteroatoms. The van der Waals surface area contributed by atoms with E-state index in [0.29, 0.717) is 23.5 Å². The molecule has 0 radical (unpaired) electrons. The minimum absolute atomic E-state index is 0.246. The van der Waals surface area contributed by atoms with E-state index in [1.54, 1.807) is 0 Å². The fourth-order valence-electron chi connectivity index (χ4n) is 2.59. The highest BCUT2D eigenvalue weighted by atomic mass is 32.2. The largest absolute Gasteiger partial charge is 0.316 e. The predicted octanol–water partition coefficient (Wildman–Crippen LogP) is -0.0763. The SMILES string of the molecule is O=S(=O)(CCC1CC1)NC1C2CNCC21. The van der Waals surface area contributed by atoms with Crippen LogP contribution in [0.25, 0.3) is 0 Å². The van der Waals surface area contributed by atoms with Crippen LogP contribution in [0, 0.1) is 17.8 Å². The van der Waals surface area contributed by atoms with Crippen molar-refractivity contribution in [3.05, 3.63) is 0 Å². The summed E-state index contributed by atoms with van der Waals surface area (Å²) in [7, 11) is -2.99. The molecule has 15 heavy (non-hydrogen) atoms. The highest BCUT2D eigenvalue weighted by Gasteiger charge is 2.54. The van der Waals surface area contributed by atoms with E-state index in [-0.39, 0.29) is 6.04 Å². The van der Waals surface area contributed by atoms with Crippen molar-refractivity contribution >= 4 is 10.0 Å². The lowest BCUT2D eigenvalue weighted by molar-refractivity contribution is 0.560. The van der Waals surface area contributed by atoms with E-state index in [4.69, 9.17) is 0 Å². The summed E-state index contributed by atoms with van der Waals surface area (Å²) in [5.74, 6) is 2.17. The van der Waals surface area contributed by atoms with Gasteiger partial charge in [0, 0.05) is 6.04 Å². The van der Waals surface area contributed by atoms with Gasteiger partial charge in [-0.3, -0.25) is 0 Å². The van der Waals surface area contributed by atoms with Crippen LogP contribution in [0.4, 0.5) is 0 Å². The molecule has 0 aromatic carbocycles. The van der Waals surface area contributed by atoms with Crippen molar-refractivity contribution in [2.75, 3.05) is 18.8 Å². The Labute approximate surface area is 90.9 Å². The van der Waals surface area contributed by atoms with Gasteiger partial charge in [-0.05, 0) is 37.3 Å². The quantitative estimate of drug-likeness (QED) is 0.695. The first kappa shape index (κ1) is 10.1. The second-order valence-corrected chi connectivity index (χ2v) is 7.05. The Balaban J connectivity index is 1.48. The molecule has 86 valence electrons. The molecule has 0 amide bonds. The van der Waals surface area contributed by atoms with Gasteiger partial charge in [0.2, 0.25) is 10.0 Å². The van der Waals surface area contributed by atoms with Gasteiger partial charge in [0.1, 0.15) is 0 Å². The average molecular weight is 230 g/mol. The summed E-state index contributed by atoms with van der Waals surface area (Å²) in [6, 6.07) is 0.246. The maximum absolute atomic E-state index is 11.7. The van der Waals surface area contributed by atoms with Gasteiger partial charge in [0.25, 0.3) is 0 Å². The van der Waals surface area contributed by atoms with E-state index in [2.05, 4.69) is 10.0 Å². The first-order valence-corrected chi connectivity index (χ1v) is 7.52. The van der Waals surface area contributed by atoms with E-state index in [1.165, 1.54) is 12.8 Å². The van der Waals surface area contributed by atoms with Gasteiger partial charge in [-0.2, -0.15) is 0 Å². The van der Waals surface area contributed by atoms with Crippen molar-refractivity contribution < 1.29 is 8.42 Å².